The molecule has 1 amide bonds. The first-order valence-corrected chi connectivity index (χ1v) is 10.3. The Bertz CT molecular complexity index is 896. The average Bonchev–Trinajstić information content (AvgIpc) is 3.16. The Kier molecular flexibility index (Phi) is 5.29. The zero-order chi connectivity index (χ0) is 20.6. The van der Waals surface area contributed by atoms with E-state index < -0.39 is 5.60 Å². The number of carbonyl (C=O) groups excluding carboxylic acids is 1. The largest absolute Gasteiger partial charge is 0.444 e. The van der Waals surface area contributed by atoms with Crippen molar-refractivity contribution in [3.05, 3.63) is 29.3 Å². The second-order valence-electron chi connectivity index (χ2n) is 8.68. The van der Waals surface area contributed by atoms with E-state index in [4.69, 9.17) is 14.5 Å². The molecule has 1 saturated heterocycles. The minimum atomic E-state index is -0.517. The molecule has 2 aromatic heterocycles. The van der Waals surface area contributed by atoms with Crippen molar-refractivity contribution in [2.75, 3.05) is 13.2 Å². The number of aryl methyl sites for hydroxylation is 1. The summed E-state index contributed by atoms with van der Waals surface area (Å²) in [5.41, 5.74) is 3.28. The van der Waals surface area contributed by atoms with Gasteiger partial charge < -0.3 is 14.4 Å². The first kappa shape index (κ1) is 19.8. The SMILES string of the molecule is Cc1nc2c(c(-c3ccnn3C3CCCCO3)n1)CCN(C(=O)OC(C)(C)C)C2. The summed E-state index contributed by atoms with van der Waals surface area (Å²) in [6.07, 6.45) is 5.30. The number of hydrogen-bond acceptors (Lipinski definition) is 6. The molecule has 0 saturated carbocycles. The molecule has 2 aliphatic heterocycles. The van der Waals surface area contributed by atoms with Gasteiger partial charge in [-0.1, -0.05) is 0 Å². The van der Waals surface area contributed by atoms with E-state index in [0.717, 1.165) is 48.5 Å². The summed E-state index contributed by atoms with van der Waals surface area (Å²) < 4.78 is 13.4. The van der Waals surface area contributed by atoms with Gasteiger partial charge in [0.1, 0.15) is 11.4 Å². The molecule has 0 aliphatic carbocycles. The van der Waals surface area contributed by atoms with Crippen LogP contribution >= 0.6 is 0 Å². The van der Waals surface area contributed by atoms with Gasteiger partial charge in [0.2, 0.25) is 0 Å². The number of amides is 1. The van der Waals surface area contributed by atoms with Crippen LogP contribution in [0.4, 0.5) is 4.79 Å². The standard InChI is InChI=1S/C21H29N5O3/c1-14-23-16-13-25(20(27)29-21(2,3)4)11-9-15(16)19(24-14)17-8-10-22-26(17)18-7-5-6-12-28-18/h8,10,18H,5-7,9,11-13H2,1-4H3. The molecule has 4 heterocycles. The molecule has 2 aliphatic rings. The summed E-state index contributed by atoms with van der Waals surface area (Å²) in [5.74, 6) is 0.683. The summed E-state index contributed by atoms with van der Waals surface area (Å²) >= 11 is 0. The third-order valence-corrected chi connectivity index (χ3v) is 5.17. The van der Waals surface area contributed by atoms with Crippen molar-refractivity contribution in [2.45, 2.75) is 71.8 Å². The van der Waals surface area contributed by atoms with E-state index in [0.29, 0.717) is 25.3 Å². The van der Waals surface area contributed by atoms with Gasteiger partial charge in [-0.25, -0.2) is 19.4 Å². The smallest absolute Gasteiger partial charge is 0.410 e. The Hall–Kier alpha value is -2.48. The highest BCUT2D eigenvalue weighted by atomic mass is 16.6. The fraction of sp³-hybridized carbons (Fsp3) is 0.619. The number of aromatic nitrogens is 4. The first-order chi connectivity index (χ1) is 13.8. The lowest BCUT2D eigenvalue weighted by atomic mass is 10.0. The normalized spacial score (nSPS) is 19.7. The number of ether oxygens (including phenoxy) is 2. The topological polar surface area (TPSA) is 82.4 Å². The maximum absolute atomic E-state index is 12.5. The predicted octanol–water partition coefficient (Wildman–Crippen LogP) is 3.64. The monoisotopic (exact) mass is 399 g/mol. The molecule has 8 heteroatoms. The quantitative estimate of drug-likeness (QED) is 0.767. The third-order valence-electron chi connectivity index (χ3n) is 5.17. The van der Waals surface area contributed by atoms with Crippen molar-refractivity contribution >= 4 is 6.09 Å². The molecule has 1 fully saturated rings. The molecule has 0 aromatic carbocycles. The van der Waals surface area contributed by atoms with Crippen LogP contribution in [0.3, 0.4) is 0 Å². The summed E-state index contributed by atoms with van der Waals surface area (Å²) in [6, 6.07) is 1.99. The lowest BCUT2D eigenvalue weighted by Gasteiger charge is -2.31. The van der Waals surface area contributed by atoms with Crippen LogP contribution in [0.1, 0.15) is 63.3 Å². The van der Waals surface area contributed by atoms with Crippen molar-refractivity contribution < 1.29 is 14.3 Å². The molecule has 2 aromatic rings. The molecule has 1 atom stereocenters. The highest BCUT2D eigenvalue weighted by Gasteiger charge is 2.30. The number of hydrogen-bond donors (Lipinski definition) is 0. The van der Waals surface area contributed by atoms with Crippen LogP contribution in [0.2, 0.25) is 0 Å². The second kappa shape index (κ2) is 7.74. The van der Waals surface area contributed by atoms with E-state index in [1.807, 2.05) is 38.4 Å². The summed E-state index contributed by atoms with van der Waals surface area (Å²) in [7, 11) is 0. The van der Waals surface area contributed by atoms with Gasteiger partial charge >= 0.3 is 6.09 Å². The zero-order valence-corrected chi connectivity index (χ0v) is 17.6. The van der Waals surface area contributed by atoms with Crippen LogP contribution in [-0.2, 0) is 22.4 Å². The lowest BCUT2D eigenvalue weighted by molar-refractivity contribution is -0.0384. The number of carbonyl (C=O) groups is 1. The first-order valence-electron chi connectivity index (χ1n) is 10.3. The van der Waals surface area contributed by atoms with E-state index in [1.54, 1.807) is 11.1 Å². The number of fused-ring (bicyclic) bond motifs is 1. The third kappa shape index (κ3) is 4.27. The second-order valence-corrected chi connectivity index (χ2v) is 8.68. The van der Waals surface area contributed by atoms with Crippen LogP contribution < -0.4 is 0 Å². The van der Waals surface area contributed by atoms with Crippen molar-refractivity contribution in [2.24, 2.45) is 0 Å². The predicted molar refractivity (Wildman–Crippen MR) is 107 cm³/mol. The molecule has 0 radical (unpaired) electrons. The van der Waals surface area contributed by atoms with Crippen molar-refractivity contribution in [1.82, 2.24) is 24.6 Å². The van der Waals surface area contributed by atoms with Crippen LogP contribution in [-0.4, -0.2) is 49.5 Å². The van der Waals surface area contributed by atoms with E-state index >= 15 is 0 Å². The molecular formula is C21H29N5O3. The highest BCUT2D eigenvalue weighted by Crippen LogP contribution is 2.32. The molecule has 1 unspecified atom stereocenters. The van der Waals surface area contributed by atoms with Crippen LogP contribution in [0.15, 0.2) is 12.3 Å². The van der Waals surface area contributed by atoms with Crippen LogP contribution in [0.25, 0.3) is 11.4 Å². The van der Waals surface area contributed by atoms with Gasteiger partial charge in [-0.15, -0.1) is 0 Å². The maximum Gasteiger partial charge on any atom is 0.410 e. The maximum atomic E-state index is 12.5. The lowest BCUT2D eigenvalue weighted by Crippen LogP contribution is -2.40. The molecule has 156 valence electrons. The summed E-state index contributed by atoms with van der Waals surface area (Å²) in [5, 5.41) is 4.53. The molecule has 4 rings (SSSR count). The molecular weight excluding hydrogens is 370 g/mol. The Labute approximate surface area is 171 Å². The Morgan fingerprint density at radius 2 is 2.10 bits per heavy atom. The zero-order valence-electron chi connectivity index (χ0n) is 17.6. The molecule has 0 N–H and O–H groups in total. The minimum absolute atomic E-state index is 0.0541. The molecule has 0 spiro atoms. The molecule has 29 heavy (non-hydrogen) atoms. The van der Waals surface area contributed by atoms with Gasteiger partial charge in [0.05, 0.1) is 23.6 Å². The Balaban J connectivity index is 1.64. The van der Waals surface area contributed by atoms with E-state index in [-0.39, 0.29) is 12.3 Å². The fourth-order valence-corrected chi connectivity index (χ4v) is 3.90. The van der Waals surface area contributed by atoms with E-state index in [2.05, 4.69) is 10.1 Å². The summed E-state index contributed by atoms with van der Waals surface area (Å²) in [6.45, 7) is 9.28. The average molecular weight is 399 g/mol. The highest BCUT2D eigenvalue weighted by molar-refractivity contribution is 5.69. The Morgan fingerprint density at radius 1 is 1.28 bits per heavy atom. The van der Waals surface area contributed by atoms with Crippen molar-refractivity contribution in [3.63, 3.8) is 0 Å². The Morgan fingerprint density at radius 3 is 2.83 bits per heavy atom. The molecule has 0 bridgehead atoms. The van der Waals surface area contributed by atoms with Gasteiger partial charge in [0.25, 0.3) is 0 Å². The number of rotatable bonds is 2. The minimum Gasteiger partial charge on any atom is -0.444 e. The fourth-order valence-electron chi connectivity index (χ4n) is 3.90. The van der Waals surface area contributed by atoms with Crippen LogP contribution in [0.5, 0.6) is 0 Å². The van der Waals surface area contributed by atoms with Gasteiger partial charge in [-0.05, 0) is 59.4 Å². The van der Waals surface area contributed by atoms with Gasteiger partial charge in [-0.3, -0.25) is 0 Å². The van der Waals surface area contributed by atoms with E-state index in [1.165, 1.54) is 0 Å². The number of nitrogens with zero attached hydrogens (tertiary/aromatic N) is 5. The van der Waals surface area contributed by atoms with Gasteiger partial charge in [-0.2, -0.15) is 5.10 Å². The van der Waals surface area contributed by atoms with Crippen LogP contribution in [0, 0.1) is 6.92 Å². The van der Waals surface area contributed by atoms with Gasteiger partial charge in [0.15, 0.2) is 6.23 Å². The summed E-state index contributed by atoms with van der Waals surface area (Å²) in [4.78, 5) is 23.6. The van der Waals surface area contributed by atoms with E-state index in [9.17, 15) is 4.79 Å². The van der Waals surface area contributed by atoms with Crippen molar-refractivity contribution in [1.29, 1.82) is 0 Å². The van der Waals surface area contributed by atoms with Gasteiger partial charge in [0, 0.05) is 24.9 Å². The molecule has 8 nitrogen and oxygen atoms in total. The van der Waals surface area contributed by atoms with Crippen molar-refractivity contribution in [3.8, 4) is 11.4 Å².